The third-order valence-electron chi connectivity index (χ3n) is 5.53. The largest absolute Gasteiger partial charge is 0.442 e. The van der Waals surface area contributed by atoms with Crippen LogP contribution in [0.1, 0.15) is 29.3 Å². The Hall–Kier alpha value is -2.97. The summed E-state index contributed by atoms with van der Waals surface area (Å²) in [5, 5.41) is 0. The van der Waals surface area contributed by atoms with Gasteiger partial charge in [0.25, 0.3) is 0 Å². The highest BCUT2D eigenvalue weighted by Crippen LogP contribution is 2.32. The van der Waals surface area contributed by atoms with Crippen molar-refractivity contribution in [3.63, 3.8) is 0 Å². The molecule has 3 aliphatic heterocycles. The lowest BCUT2D eigenvalue weighted by Crippen LogP contribution is -2.54. The van der Waals surface area contributed by atoms with Crippen molar-refractivity contribution < 1.29 is 9.53 Å². The Morgan fingerprint density at radius 1 is 1.04 bits per heavy atom. The second kappa shape index (κ2) is 6.57. The van der Waals surface area contributed by atoms with Gasteiger partial charge in [-0.2, -0.15) is 0 Å². The third-order valence-corrected chi connectivity index (χ3v) is 5.53. The van der Waals surface area contributed by atoms with Gasteiger partial charge in [-0.05, 0) is 20.3 Å². The molecule has 0 saturated carbocycles. The molecule has 5 heterocycles. The summed E-state index contributed by atoms with van der Waals surface area (Å²) in [7, 11) is 0. The molecule has 9 nitrogen and oxygen atoms in total. The van der Waals surface area contributed by atoms with E-state index in [1.54, 1.807) is 17.3 Å². The zero-order chi connectivity index (χ0) is 19.3. The first-order chi connectivity index (χ1) is 13.6. The average Bonchev–Trinajstić information content (AvgIpc) is 3.01. The molecule has 0 atom stereocenters. The molecular weight excluding hydrogens is 358 g/mol. The first kappa shape index (κ1) is 17.2. The summed E-state index contributed by atoms with van der Waals surface area (Å²) >= 11 is 0. The number of ether oxygens (including phenoxy) is 1. The van der Waals surface area contributed by atoms with Crippen molar-refractivity contribution in [1.82, 2.24) is 24.8 Å². The number of rotatable bonds is 3. The number of aromatic nitrogens is 4. The van der Waals surface area contributed by atoms with E-state index < -0.39 is 0 Å². The van der Waals surface area contributed by atoms with E-state index in [2.05, 4.69) is 29.7 Å². The van der Waals surface area contributed by atoms with Crippen LogP contribution in [-0.2, 0) is 17.8 Å². The molecule has 3 aliphatic rings. The van der Waals surface area contributed by atoms with Gasteiger partial charge >= 0.3 is 6.09 Å². The van der Waals surface area contributed by atoms with Crippen LogP contribution in [0.5, 0.6) is 0 Å². The lowest BCUT2D eigenvalue weighted by Gasteiger charge is -2.40. The highest BCUT2D eigenvalue weighted by atomic mass is 16.6. The van der Waals surface area contributed by atoms with Crippen LogP contribution in [0.15, 0.2) is 12.4 Å². The minimum absolute atomic E-state index is 0.111. The topological polar surface area (TPSA) is 87.6 Å². The fourth-order valence-corrected chi connectivity index (χ4v) is 3.77. The van der Waals surface area contributed by atoms with Gasteiger partial charge in [0.15, 0.2) is 0 Å². The van der Waals surface area contributed by atoms with Gasteiger partial charge < -0.3 is 14.5 Å². The number of fused-ring (bicyclic) bond motifs is 1. The van der Waals surface area contributed by atoms with E-state index in [4.69, 9.17) is 4.74 Å². The molecule has 0 spiro atoms. The molecule has 0 unspecified atom stereocenters. The summed E-state index contributed by atoms with van der Waals surface area (Å²) in [6.45, 7) is 8.14. The maximum atomic E-state index is 12.7. The lowest BCUT2D eigenvalue weighted by molar-refractivity contribution is 0.0490. The Morgan fingerprint density at radius 3 is 2.46 bits per heavy atom. The average molecular weight is 381 g/mol. The molecule has 0 N–H and O–H groups in total. The van der Waals surface area contributed by atoms with Crippen LogP contribution in [-0.4, -0.2) is 63.2 Å². The maximum Gasteiger partial charge on any atom is 0.410 e. The molecule has 0 aromatic carbocycles. The van der Waals surface area contributed by atoms with Crippen LogP contribution in [0, 0.1) is 13.8 Å². The van der Waals surface area contributed by atoms with E-state index in [1.165, 1.54) is 6.42 Å². The van der Waals surface area contributed by atoms with Gasteiger partial charge in [-0.25, -0.2) is 24.7 Å². The molecule has 0 aliphatic carbocycles. The van der Waals surface area contributed by atoms with Crippen LogP contribution >= 0.6 is 0 Å². The van der Waals surface area contributed by atoms with Crippen molar-refractivity contribution in [3.05, 3.63) is 35.3 Å². The SMILES string of the molecule is Cc1ncc(N2CC(OC(=O)N3Cc4nc(C)nc(N5CCC5)c4C3)C2)cn1. The summed E-state index contributed by atoms with van der Waals surface area (Å²) in [6, 6.07) is 0. The van der Waals surface area contributed by atoms with Crippen molar-refractivity contribution in [3.8, 4) is 0 Å². The molecule has 1 amide bonds. The van der Waals surface area contributed by atoms with Crippen molar-refractivity contribution >= 4 is 17.6 Å². The summed E-state index contributed by atoms with van der Waals surface area (Å²) in [5.74, 6) is 2.49. The summed E-state index contributed by atoms with van der Waals surface area (Å²) in [6.07, 6.45) is 4.40. The predicted octanol–water partition coefficient (Wildman–Crippen LogP) is 1.43. The zero-order valence-corrected chi connectivity index (χ0v) is 16.1. The van der Waals surface area contributed by atoms with Crippen LogP contribution in [0.4, 0.5) is 16.3 Å². The van der Waals surface area contributed by atoms with Gasteiger partial charge in [0.05, 0.1) is 50.0 Å². The molecule has 0 bridgehead atoms. The summed E-state index contributed by atoms with van der Waals surface area (Å²) < 4.78 is 5.69. The minimum Gasteiger partial charge on any atom is -0.442 e. The van der Waals surface area contributed by atoms with E-state index in [0.717, 1.165) is 47.5 Å². The predicted molar refractivity (Wildman–Crippen MR) is 102 cm³/mol. The summed E-state index contributed by atoms with van der Waals surface area (Å²) in [5.41, 5.74) is 2.96. The Bertz CT molecular complexity index is 907. The Morgan fingerprint density at radius 2 is 1.79 bits per heavy atom. The Labute approximate surface area is 163 Å². The number of carbonyl (C=O) groups is 1. The molecule has 0 radical (unpaired) electrons. The number of carbonyl (C=O) groups excluding carboxylic acids is 1. The van der Waals surface area contributed by atoms with Crippen LogP contribution < -0.4 is 9.80 Å². The molecule has 2 saturated heterocycles. The number of hydrogen-bond donors (Lipinski definition) is 0. The van der Waals surface area contributed by atoms with Gasteiger partial charge in [-0.1, -0.05) is 0 Å². The van der Waals surface area contributed by atoms with Crippen molar-refractivity contribution in [1.29, 1.82) is 0 Å². The van der Waals surface area contributed by atoms with Gasteiger partial charge in [-0.15, -0.1) is 0 Å². The van der Waals surface area contributed by atoms with Gasteiger partial charge in [0.2, 0.25) is 0 Å². The number of anilines is 2. The van der Waals surface area contributed by atoms with E-state index >= 15 is 0 Å². The molecule has 5 rings (SSSR count). The van der Waals surface area contributed by atoms with Crippen LogP contribution in [0.3, 0.4) is 0 Å². The van der Waals surface area contributed by atoms with E-state index in [0.29, 0.717) is 26.2 Å². The lowest BCUT2D eigenvalue weighted by atomic mass is 10.1. The highest BCUT2D eigenvalue weighted by molar-refractivity contribution is 5.70. The molecule has 2 aromatic rings. The van der Waals surface area contributed by atoms with Gasteiger partial charge in [0, 0.05) is 18.7 Å². The first-order valence-corrected chi connectivity index (χ1v) is 9.67. The second-order valence-corrected chi connectivity index (χ2v) is 7.62. The maximum absolute atomic E-state index is 12.7. The number of nitrogens with zero attached hydrogens (tertiary/aromatic N) is 7. The second-order valence-electron chi connectivity index (χ2n) is 7.62. The van der Waals surface area contributed by atoms with Crippen molar-refractivity contribution in [2.75, 3.05) is 36.0 Å². The Kier molecular flexibility index (Phi) is 4.03. The minimum atomic E-state index is -0.282. The zero-order valence-electron chi connectivity index (χ0n) is 16.1. The Balaban J connectivity index is 1.20. The van der Waals surface area contributed by atoms with Gasteiger partial charge in [0.1, 0.15) is 23.6 Å². The third kappa shape index (κ3) is 3.00. The fourth-order valence-electron chi connectivity index (χ4n) is 3.77. The van der Waals surface area contributed by atoms with Crippen molar-refractivity contribution in [2.24, 2.45) is 0 Å². The van der Waals surface area contributed by atoms with Crippen LogP contribution in [0.25, 0.3) is 0 Å². The molecule has 9 heteroatoms. The van der Waals surface area contributed by atoms with E-state index in [-0.39, 0.29) is 12.2 Å². The molecular formula is C19H23N7O2. The first-order valence-electron chi connectivity index (χ1n) is 9.67. The molecule has 2 fully saturated rings. The van der Waals surface area contributed by atoms with Crippen molar-refractivity contribution in [2.45, 2.75) is 39.5 Å². The van der Waals surface area contributed by atoms with E-state index in [9.17, 15) is 4.79 Å². The highest BCUT2D eigenvalue weighted by Gasteiger charge is 2.36. The number of amides is 1. The molecule has 146 valence electrons. The van der Waals surface area contributed by atoms with Gasteiger partial charge in [-0.3, -0.25) is 4.90 Å². The smallest absolute Gasteiger partial charge is 0.410 e. The normalized spacial score (nSPS) is 18.6. The number of aryl methyl sites for hydroxylation is 2. The standard InChI is InChI=1S/C19H23N7O2/c1-12-20-6-14(7-21-12)25-8-15(9-25)28-19(27)26-10-16-17(11-26)22-13(2)23-18(16)24-4-3-5-24/h6-7,15H,3-5,8-11H2,1-2H3. The number of hydrogen-bond acceptors (Lipinski definition) is 8. The fraction of sp³-hybridized carbons (Fsp3) is 0.526. The summed E-state index contributed by atoms with van der Waals surface area (Å²) in [4.78, 5) is 36.3. The molecule has 28 heavy (non-hydrogen) atoms. The monoisotopic (exact) mass is 381 g/mol. The quantitative estimate of drug-likeness (QED) is 0.789. The molecule has 2 aromatic heterocycles. The van der Waals surface area contributed by atoms with E-state index in [1.807, 2.05) is 13.8 Å². The van der Waals surface area contributed by atoms with Crippen LogP contribution in [0.2, 0.25) is 0 Å².